The van der Waals surface area contributed by atoms with Crippen molar-refractivity contribution in [3.63, 3.8) is 0 Å². The molecule has 0 aromatic heterocycles. The topological polar surface area (TPSA) is 92.3 Å². The Morgan fingerprint density at radius 3 is 1.66 bits per heavy atom. The second-order valence-corrected chi connectivity index (χ2v) is 17.1. The standard InChI is InChI=1S/C30H46ClNO7P2/c1-11-35-40(33,36-12-2)27(41(34,37-13-3)38-14-4)30(21-15-17-23(31)18-16-21)32-25-20-22(28(5,6)7)19-24(26(25)39-30)29(8,9)10/h15-20,27,32H,11-14H2,1-10H3. The summed E-state index contributed by atoms with van der Waals surface area (Å²) in [6, 6.07) is 11.1. The molecular formula is C30H46ClNO7P2. The zero-order valence-electron chi connectivity index (χ0n) is 26.0. The van der Waals surface area contributed by atoms with Crippen LogP contribution in [0.1, 0.15) is 85.9 Å². The minimum absolute atomic E-state index is 0.0388. The second kappa shape index (κ2) is 12.7. The van der Waals surface area contributed by atoms with Gasteiger partial charge < -0.3 is 28.1 Å². The maximum Gasteiger partial charge on any atom is 0.352 e. The second-order valence-electron chi connectivity index (χ2n) is 12.0. The number of anilines is 1. The van der Waals surface area contributed by atoms with Gasteiger partial charge in [0.15, 0.2) is 0 Å². The Kier molecular flexibility index (Phi) is 10.6. The third kappa shape index (κ3) is 6.91. The fraction of sp³-hybridized carbons (Fsp3) is 0.600. The van der Waals surface area contributed by atoms with Crippen LogP contribution in [0, 0.1) is 0 Å². The predicted molar refractivity (Wildman–Crippen MR) is 167 cm³/mol. The van der Waals surface area contributed by atoms with E-state index in [1.54, 1.807) is 52.0 Å². The molecule has 1 atom stereocenters. The first-order valence-electron chi connectivity index (χ1n) is 14.2. The first kappa shape index (κ1) is 34.1. The molecule has 3 rings (SSSR count). The van der Waals surface area contributed by atoms with Gasteiger partial charge in [0.25, 0.3) is 0 Å². The lowest BCUT2D eigenvalue weighted by molar-refractivity contribution is 0.0935. The molecule has 0 spiro atoms. The predicted octanol–water partition coefficient (Wildman–Crippen LogP) is 9.45. The highest BCUT2D eigenvalue weighted by molar-refractivity contribution is 7.72. The summed E-state index contributed by atoms with van der Waals surface area (Å²) in [5.74, 6) is 0.560. The molecule has 1 N–H and O–H groups in total. The molecule has 0 saturated heterocycles. The molecule has 11 heteroatoms. The molecule has 1 unspecified atom stereocenters. The first-order chi connectivity index (χ1) is 19.0. The number of halogens is 1. The first-order valence-corrected chi connectivity index (χ1v) is 17.8. The molecule has 0 saturated carbocycles. The van der Waals surface area contributed by atoms with Gasteiger partial charge in [-0.05, 0) is 62.3 Å². The fourth-order valence-electron chi connectivity index (χ4n) is 5.00. The third-order valence-corrected chi connectivity index (χ3v) is 13.2. The van der Waals surface area contributed by atoms with Gasteiger partial charge in [0.05, 0.1) is 32.1 Å². The van der Waals surface area contributed by atoms with Crippen LogP contribution in [0.3, 0.4) is 0 Å². The molecule has 0 radical (unpaired) electrons. The summed E-state index contributed by atoms with van der Waals surface area (Å²) in [5, 5.41) is 2.48. The van der Waals surface area contributed by atoms with E-state index in [1.807, 2.05) is 6.07 Å². The average Bonchev–Trinajstić information content (AvgIpc) is 3.22. The molecule has 1 aliphatic heterocycles. The van der Waals surface area contributed by atoms with E-state index in [4.69, 9.17) is 34.4 Å². The van der Waals surface area contributed by atoms with Crippen molar-refractivity contribution in [2.24, 2.45) is 0 Å². The number of hydrogen-bond acceptors (Lipinski definition) is 8. The quantitative estimate of drug-likeness (QED) is 0.232. The largest absolute Gasteiger partial charge is 0.460 e. The monoisotopic (exact) mass is 629 g/mol. The highest BCUT2D eigenvalue weighted by Gasteiger charge is 2.67. The molecule has 8 nitrogen and oxygen atoms in total. The van der Waals surface area contributed by atoms with E-state index < -0.39 is 26.3 Å². The maximum absolute atomic E-state index is 14.9. The average molecular weight is 630 g/mol. The molecular weight excluding hydrogens is 584 g/mol. The van der Waals surface area contributed by atoms with Crippen LogP contribution in [0.4, 0.5) is 5.69 Å². The summed E-state index contributed by atoms with van der Waals surface area (Å²) in [5.41, 5.74) is 0.957. The minimum atomic E-state index is -4.26. The van der Waals surface area contributed by atoms with Crippen molar-refractivity contribution < 1.29 is 32.0 Å². The Morgan fingerprint density at radius 1 is 0.805 bits per heavy atom. The van der Waals surface area contributed by atoms with Crippen LogP contribution < -0.4 is 10.1 Å². The molecule has 0 amide bonds. The molecule has 0 aliphatic carbocycles. The number of hydrogen-bond donors (Lipinski definition) is 1. The van der Waals surface area contributed by atoms with Crippen LogP contribution in [-0.2, 0) is 43.8 Å². The van der Waals surface area contributed by atoms with Crippen LogP contribution in [0.5, 0.6) is 5.75 Å². The highest BCUT2D eigenvalue weighted by atomic mass is 35.5. The number of fused-ring (bicyclic) bond motifs is 1. The van der Waals surface area contributed by atoms with Gasteiger partial charge in [0, 0.05) is 16.1 Å². The summed E-state index contributed by atoms with van der Waals surface area (Å²) in [6.45, 7) is 19.7. The van der Waals surface area contributed by atoms with Crippen molar-refractivity contribution in [3.8, 4) is 5.75 Å². The smallest absolute Gasteiger partial charge is 0.352 e. The Morgan fingerprint density at radius 2 is 1.27 bits per heavy atom. The zero-order valence-corrected chi connectivity index (χ0v) is 28.5. The van der Waals surface area contributed by atoms with Gasteiger partial charge in [0.1, 0.15) is 5.75 Å². The van der Waals surface area contributed by atoms with Crippen molar-refractivity contribution in [3.05, 3.63) is 58.1 Å². The number of rotatable bonds is 12. The van der Waals surface area contributed by atoms with E-state index in [9.17, 15) is 9.13 Å². The molecule has 1 aliphatic rings. The molecule has 1 heterocycles. The van der Waals surface area contributed by atoms with Gasteiger partial charge in [-0.25, -0.2) is 0 Å². The van der Waals surface area contributed by atoms with Crippen molar-refractivity contribution in [1.82, 2.24) is 0 Å². The summed E-state index contributed by atoms with van der Waals surface area (Å²) in [7, 11) is -8.53. The normalized spacial score (nSPS) is 17.9. The summed E-state index contributed by atoms with van der Waals surface area (Å²) >= 11 is 6.30. The zero-order chi connectivity index (χ0) is 30.9. The SMILES string of the molecule is CCOP(=O)(OCC)C(C1(c2ccc(Cl)cc2)Nc2cc(C(C)(C)C)cc(C(C)(C)C)c2O1)P(=O)(OCC)OCC. The van der Waals surface area contributed by atoms with Gasteiger partial charge in [0.2, 0.25) is 11.1 Å². The van der Waals surface area contributed by atoms with Crippen molar-refractivity contribution in [1.29, 1.82) is 0 Å². The third-order valence-electron chi connectivity index (χ3n) is 6.82. The van der Waals surface area contributed by atoms with Crippen molar-refractivity contribution in [2.45, 2.75) is 91.2 Å². The minimum Gasteiger partial charge on any atom is -0.460 e. The molecule has 41 heavy (non-hydrogen) atoms. The number of nitrogens with one attached hydrogen (secondary N) is 1. The lowest BCUT2D eigenvalue weighted by Crippen LogP contribution is -2.49. The van der Waals surface area contributed by atoms with E-state index in [1.165, 1.54) is 0 Å². The lowest BCUT2D eigenvalue weighted by atomic mass is 9.80. The van der Waals surface area contributed by atoms with Crippen LogP contribution in [0.25, 0.3) is 0 Å². The Hall–Kier alpha value is -1.37. The van der Waals surface area contributed by atoms with Crippen molar-refractivity contribution >= 4 is 32.5 Å². The molecule has 2 aromatic rings. The van der Waals surface area contributed by atoms with Gasteiger partial charge >= 0.3 is 15.2 Å². The molecule has 0 bridgehead atoms. The van der Waals surface area contributed by atoms with E-state index in [0.29, 0.717) is 22.0 Å². The van der Waals surface area contributed by atoms with Crippen LogP contribution >= 0.6 is 26.8 Å². The summed E-state index contributed by atoms with van der Waals surface area (Å²) < 4.78 is 60.3. The van der Waals surface area contributed by atoms with Gasteiger partial charge in [-0.3, -0.25) is 9.13 Å². The lowest BCUT2D eigenvalue weighted by Gasteiger charge is -2.42. The number of benzene rings is 2. The fourth-order valence-corrected chi connectivity index (χ4v) is 10.9. The number of ether oxygens (including phenoxy) is 1. The Bertz CT molecular complexity index is 1250. The Labute approximate surface area is 250 Å². The van der Waals surface area contributed by atoms with Crippen molar-refractivity contribution in [2.75, 3.05) is 31.7 Å². The van der Waals surface area contributed by atoms with Crippen LogP contribution in [0.15, 0.2) is 36.4 Å². The van der Waals surface area contributed by atoms with E-state index in [0.717, 1.165) is 11.1 Å². The highest BCUT2D eigenvalue weighted by Crippen LogP contribution is 2.76. The van der Waals surface area contributed by atoms with E-state index in [2.05, 4.69) is 52.9 Å². The van der Waals surface area contributed by atoms with Crippen LogP contribution in [-0.4, -0.2) is 31.8 Å². The Balaban J connectivity index is 2.49. The summed E-state index contributed by atoms with van der Waals surface area (Å²) in [4.78, 5) is 0. The van der Waals surface area contributed by atoms with Gasteiger partial charge in [-0.15, -0.1) is 0 Å². The van der Waals surface area contributed by atoms with Crippen LogP contribution in [0.2, 0.25) is 5.02 Å². The van der Waals surface area contributed by atoms with Gasteiger partial charge in [-0.2, -0.15) is 0 Å². The molecule has 2 aromatic carbocycles. The molecule has 230 valence electrons. The molecule has 0 fully saturated rings. The van der Waals surface area contributed by atoms with E-state index >= 15 is 0 Å². The van der Waals surface area contributed by atoms with Gasteiger partial charge in [-0.1, -0.05) is 71.3 Å². The summed E-state index contributed by atoms with van der Waals surface area (Å²) in [6.07, 6.45) is 0. The maximum atomic E-state index is 14.9. The van der Waals surface area contributed by atoms with E-state index in [-0.39, 0.29) is 37.3 Å².